The molecule has 84 valence electrons. The van der Waals surface area contributed by atoms with Gasteiger partial charge >= 0.3 is 0 Å². The minimum absolute atomic E-state index is 0.211. The highest BCUT2D eigenvalue weighted by molar-refractivity contribution is 5.20. The van der Waals surface area contributed by atoms with Crippen molar-refractivity contribution in [3.05, 3.63) is 41.8 Å². The lowest BCUT2D eigenvalue weighted by Gasteiger charge is -2.05. The van der Waals surface area contributed by atoms with E-state index < -0.39 is 0 Å². The van der Waals surface area contributed by atoms with Crippen molar-refractivity contribution in [3.63, 3.8) is 0 Å². The summed E-state index contributed by atoms with van der Waals surface area (Å²) in [4.78, 5) is 8.26. The Kier molecular flexibility index (Phi) is 2.96. The number of aromatic nitrogens is 3. The second kappa shape index (κ2) is 4.40. The maximum atomic E-state index is 6.00. The summed E-state index contributed by atoms with van der Waals surface area (Å²) in [5, 5.41) is 3.87. The number of hydrogen-bond donors (Lipinski definition) is 1. The molecule has 5 nitrogen and oxygen atoms in total. The van der Waals surface area contributed by atoms with Crippen LogP contribution in [0.25, 0.3) is 0 Å². The molecule has 1 atom stereocenters. The van der Waals surface area contributed by atoms with Crippen molar-refractivity contribution in [3.8, 4) is 0 Å². The molecule has 0 spiro atoms. The van der Waals surface area contributed by atoms with Crippen LogP contribution < -0.4 is 5.73 Å². The Labute approximate surface area is 93.7 Å². The van der Waals surface area contributed by atoms with E-state index in [4.69, 9.17) is 10.3 Å². The van der Waals surface area contributed by atoms with Crippen LogP contribution in [0.4, 0.5) is 0 Å². The van der Waals surface area contributed by atoms with Gasteiger partial charge in [-0.3, -0.25) is 4.98 Å². The van der Waals surface area contributed by atoms with Gasteiger partial charge in [0, 0.05) is 18.3 Å². The highest BCUT2D eigenvalue weighted by Gasteiger charge is 2.17. The standard InChI is InChI=1S/C11H14N4O/c1-7(2)11-14-10(15-16-11)9(12)8-4-3-5-13-6-8/h3-7,9H,12H2,1-2H3/t9-/m0/s1. The lowest BCUT2D eigenvalue weighted by atomic mass is 10.1. The van der Waals surface area contributed by atoms with Gasteiger partial charge in [0.25, 0.3) is 0 Å². The van der Waals surface area contributed by atoms with Gasteiger partial charge in [-0.2, -0.15) is 4.98 Å². The summed E-state index contributed by atoms with van der Waals surface area (Å²) in [6.45, 7) is 3.99. The van der Waals surface area contributed by atoms with Crippen LogP contribution >= 0.6 is 0 Å². The van der Waals surface area contributed by atoms with Crippen LogP contribution in [0, 0.1) is 0 Å². The van der Waals surface area contributed by atoms with Gasteiger partial charge in [-0.15, -0.1) is 0 Å². The predicted molar refractivity (Wildman–Crippen MR) is 58.7 cm³/mol. The van der Waals surface area contributed by atoms with Crippen molar-refractivity contribution in [2.24, 2.45) is 5.73 Å². The molecule has 16 heavy (non-hydrogen) atoms. The molecule has 0 radical (unpaired) electrons. The third-order valence-corrected chi connectivity index (χ3v) is 2.27. The van der Waals surface area contributed by atoms with Crippen molar-refractivity contribution in [2.75, 3.05) is 0 Å². The highest BCUT2D eigenvalue weighted by Crippen LogP contribution is 2.18. The van der Waals surface area contributed by atoms with E-state index in [0.717, 1.165) is 5.56 Å². The monoisotopic (exact) mass is 218 g/mol. The van der Waals surface area contributed by atoms with Crippen molar-refractivity contribution in [2.45, 2.75) is 25.8 Å². The Morgan fingerprint density at radius 2 is 2.19 bits per heavy atom. The molecule has 2 aromatic rings. The van der Waals surface area contributed by atoms with Gasteiger partial charge in [-0.1, -0.05) is 25.1 Å². The third-order valence-electron chi connectivity index (χ3n) is 2.27. The summed E-state index contributed by atoms with van der Waals surface area (Å²) in [6.07, 6.45) is 3.40. The quantitative estimate of drug-likeness (QED) is 0.847. The van der Waals surface area contributed by atoms with Gasteiger partial charge in [-0.25, -0.2) is 0 Å². The van der Waals surface area contributed by atoms with Crippen molar-refractivity contribution in [1.29, 1.82) is 0 Å². The maximum Gasteiger partial charge on any atom is 0.229 e. The molecule has 0 saturated heterocycles. The fraction of sp³-hybridized carbons (Fsp3) is 0.364. The van der Waals surface area contributed by atoms with Gasteiger partial charge in [0.2, 0.25) is 5.89 Å². The Bertz CT molecular complexity index is 452. The molecule has 0 fully saturated rings. The molecule has 0 bridgehead atoms. The van der Waals surface area contributed by atoms with Gasteiger partial charge in [0.05, 0.1) is 6.04 Å². The van der Waals surface area contributed by atoms with E-state index in [0.29, 0.717) is 11.7 Å². The Balaban J connectivity index is 2.24. The van der Waals surface area contributed by atoms with E-state index in [-0.39, 0.29) is 12.0 Å². The fourth-order valence-corrected chi connectivity index (χ4v) is 1.32. The first-order valence-electron chi connectivity index (χ1n) is 5.17. The highest BCUT2D eigenvalue weighted by atomic mass is 16.5. The molecule has 5 heteroatoms. The van der Waals surface area contributed by atoms with Crippen LogP contribution in [0.5, 0.6) is 0 Å². The lowest BCUT2D eigenvalue weighted by Crippen LogP contribution is -2.13. The van der Waals surface area contributed by atoms with E-state index in [1.54, 1.807) is 12.4 Å². The largest absolute Gasteiger partial charge is 0.339 e. The Hall–Kier alpha value is -1.75. The van der Waals surface area contributed by atoms with Crippen LogP contribution in [0.2, 0.25) is 0 Å². The van der Waals surface area contributed by atoms with Gasteiger partial charge in [-0.05, 0) is 11.6 Å². The summed E-state index contributed by atoms with van der Waals surface area (Å²) in [5.41, 5.74) is 6.88. The van der Waals surface area contributed by atoms with Gasteiger partial charge < -0.3 is 10.3 Å². The van der Waals surface area contributed by atoms with E-state index in [9.17, 15) is 0 Å². The number of pyridine rings is 1. The summed E-state index contributed by atoms with van der Waals surface area (Å²) in [6, 6.07) is 3.34. The smallest absolute Gasteiger partial charge is 0.229 e. The number of rotatable bonds is 3. The average molecular weight is 218 g/mol. The second-order valence-corrected chi connectivity index (χ2v) is 3.91. The molecule has 0 saturated carbocycles. The normalized spacial score (nSPS) is 13.0. The summed E-state index contributed by atoms with van der Waals surface area (Å²) < 4.78 is 5.11. The lowest BCUT2D eigenvalue weighted by molar-refractivity contribution is 0.359. The van der Waals surface area contributed by atoms with Crippen LogP contribution in [0.15, 0.2) is 29.0 Å². The summed E-state index contributed by atoms with van der Waals surface area (Å²) in [7, 11) is 0. The summed E-state index contributed by atoms with van der Waals surface area (Å²) in [5.74, 6) is 1.31. The van der Waals surface area contributed by atoms with Gasteiger partial charge in [0.15, 0.2) is 5.82 Å². The van der Waals surface area contributed by atoms with Crippen LogP contribution in [-0.2, 0) is 0 Å². The molecule has 2 aromatic heterocycles. The number of nitrogens with two attached hydrogens (primary N) is 1. The minimum atomic E-state index is -0.384. The molecule has 0 aliphatic carbocycles. The molecule has 2 heterocycles. The minimum Gasteiger partial charge on any atom is -0.339 e. The van der Waals surface area contributed by atoms with Crippen LogP contribution in [-0.4, -0.2) is 15.1 Å². The summed E-state index contributed by atoms with van der Waals surface area (Å²) >= 11 is 0. The molecular formula is C11H14N4O. The van der Waals surface area contributed by atoms with Crippen LogP contribution in [0.1, 0.15) is 43.1 Å². The molecule has 0 aliphatic rings. The molecule has 0 amide bonds. The first-order valence-corrected chi connectivity index (χ1v) is 5.17. The number of nitrogens with zero attached hydrogens (tertiary/aromatic N) is 3. The zero-order chi connectivity index (χ0) is 11.5. The second-order valence-electron chi connectivity index (χ2n) is 3.91. The molecule has 0 aromatic carbocycles. The van der Waals surface area contributed by atoms with Gasteiger partial charge in [0.1, 0.15) is 0 Å². The number of hydrogen-bond acceptors (Lipinski definition) is 5. The predicted octanol–water partition coefficient (Wildman–Crippen LogP) is 1.64. The van der Waals surface area contributed by atoms with E-state index in [2.05, 4.69) is 15.1 Å². The van der Waals surface area contributed by atoms with Crippen LogP contribution in [0.3, 0.4) is 0 Å². The first kappa shape index (κ1) is 10.8. The zero-order valence-corrected chi connectivity index (χ0v) is 9.29. The topological polar surface area (TPSA) is 77.8 Å². The molecule has 0 aliphatic heterocycles. The molecular weight excluding hydrogens is 204 g/mol. The molecule has 2 N–H and O–H groups in total. The maximum absolute atomic E-state index is 6.00. The Morgan fingerprint density at radius 1 is 1.38 bits per heavy atom. The van der Waals surface area contributed by atoms with E-state index in [1.807, 2.05) is 26.0 Å². The SMILES string of the molecule is CC(C)c1nc([C@@H](N)c2cccnc2)no1. The van der Waals surface area contributed by atoms with E-state index >= 15 is 0 Å². The average Bonchev–Trinajstić information content (AvgIpc) is 2.78. The third kappa shape index (κ3) is 2.09. The van der Waals surface area contributed by atoms with Crippen molar-refractivity contribution < 1.29 is 4.52 Å². The Morgan fingerprint density at radius 3 is 2.75 bits per heavy atom. The first-order chi connectivity index (χ1) is 7.68. The zero-order valence-electron chi connectivity index (χ0n) is 9.29. The molecule has 0 unspecified atom stereocenters. The van der Waals surface area contributed by atoms with Crippen molar-refractivity contribution >= 4 is 0 Å². The fourth-order valence-electron chi connectivity index (χ4n) is 1.32. The van der Waals surface area contributed by atoms with E-state index in [1.165, 1.54) is 0 Å². The molecule has 2 rings (SSSR count). The van der Waals surface area contributed by atoms with Crippen molar-refractivity contribution in [1.82, 2.24) is 15.1 Å².